The zero-order valence-corrected chi connectivity index (χ0v) is 15.1. The van der Waals surface area contributed by atoms with Gasteiger partial charge in [-0.05, 0) is 25.0 Å². The van der Waals surface area contributed by atoms with Gasteiger partial charge in [-0.2, -0.15) is 0 Å². The summed E-state index contributed by atoms with van der Waals surface area (Å²) in [6.45, 7) is 6.78. The summed E-state index contributed by atoms with van der Waals surface area (Å²) in [5.74, 6) is 1.07. The van der Waals surface area contributed by atoms with Gasteiger partial charge in [-0.3, -0.25) is 9.69 Å². The summed E-state index contributed by atoms with van der Waals surface area (Å²) in [4.78, 5) is 25.2. The SMILES string of the molecule is O=C(NCCN1CCOCC1)C1CCCN(c2nc3ccccc3[nH]2)C1. The van der Waals surface area contributed by atoms with Gasteiger partial charge in [0.05, 0.1) is 30.2 Å². The zero-order chi connectivity index (χ0) is 17.8. The lowest BCUT2D eigenvalue weighted by molar-refractivity contribution is -0.125. The van der Waals surface area contributed by atoms with Crippen LogP contribution in [0.2, 0.25) is 0 Å². The third kappa shape index (κ3) is 3.99. The molecule has 26 heavy (non-hydrogen) atoms. The van der Waals surface area contributed by atoms with Gasteiger partial charge in [0.2, 0.25) is 11.9 Å². The Labute approximate surface area is 153 Å². The number of anilines is 1. The van der Waals surface area contributed by atoms with E-state index in [0.717, 1.165) is 75.8 Å². The van der Waals surface area contributed by atoms with Crippen LogP contribution < -0.4 is 10.2 Å². The van der Waals surface area contributed by atoms with Crippen LogP contribution in [0.25, 0.3) is 11.0 Å². The third-order valence-corrected chi connectivity index (χ3v) is 5.30. The second-order valence-electron chi connectivity index (χ2n) is 7.11. The highest BCUT2D eigenvalue weighted by Gasteiger charge is 2.27. The second kappa shape index (κ2) is 8.05. The maximum atomic E-state index is 12.6. The number of carbonyl (C=O) groups is 1. The molecule has 1 aromatic carbocycles. The minimum atomic E-state index is 0.0293. The van der Waals surface area contributed by atoms with Crippen molar-refractivity contribution in [2.24, 2.45) is 5.92 Å². The topological polar surface area (TPSA) is 73.5 Å². The Kier molecular flexibility index (Phi) is 5.36. The van der Waals surface area contributed by atoms with E-state index in [2.05, 4.69) is 25.1 Å². The summed E-state index contributed by atoms with van der Waals surface area (Å²) in [5.41, 5.74) is 2.01. The number of nitrogens with one attached hydrogen (secondary N) is 2. The second-order valence-corrected chi connectivity index (χ2v) is 7.11. The Morgan fingerprint density at radius 2 is 2.12 bits per heavy atom. The van der Waals surface area contributed by atoms with Crippen LogP contribution in [0.4, 0.5) is 5.95 Å². The quantitative estimate of drug-likeness (QED) is 0.842. The predicted octanol–water partition coefficient (Wildman–Crippen LogP) is 1.23. The molecule has 0 bridgehead atoms. The van der Waals surface area contributed by atoms with E-state index in [1.807, 2.05) is 24.3 Å². The minimum Gasteiger partial charge on any atom is -0.379 e. The van der Waals surface area contributed by atoms with Crippen LogP contribution in [0.15, 0.2) is 24.3 Å². The molecule has 4 rings (SSSR count). The van der Waals surface area contributed by atoms with Crippen molar-refractivity contribution in [1.82, 2.24) is 20.2 Å². The fourth-order valence-electron chi connectivity index (χ4n) is 3.78. The summed E-state index contributed by atoms with van der Waals surface area (Å²) in [5, 5.41) is 3.12. The van der Waals surface area contributed by atoms with E-state index in [1.54, 1.807) is 0 Å². The number of imidazole rings is 1. The standard InChI is InChI=1S/C19H27N5O2/c25-18(20-7-9-23-10-12-26-13-11-23)15-4-3-8-24(14-15)19-21-16-5-1-2-6-17(16)22-19/h1-2,5-6,15H,3-4,7-14H2,(H,20,25)(H,21,22). The molecule has 2 N–H and O–H groups in total. The van der Waals surface area contributed by atoms with Crippen molar-refractivity contribution < 1.29 is 9.53 Å². The van der Waals surface area contributed by atoms with E-state index in [-0.39, 0.29) is 11.8 Å². The van der Waals surface area contributed by atoms with Crippen LogP contribution in [0.3, 0.4) is 0 Å². The lowest BCUT2D eigenvalue weighted by Crippen LogP contribution is -2.46. The van der Waals surface area contributed by atoms with Crippen molar-refractivity contribution in [2.45, 2.75) is 12.8 Å². The van der Waals surface area contributed by atoms with Gasteiger partial charge in [0.1, 0.15) is 0 Å². The molecule has 1 amide bonds. The molecule has 2 aliphatic rings. The number of fused-ring (bicyclic) bond motifs is 1. The number of carbonyl (C=O) groups excluding carboxylic acids is 1. The maximum Gasteiger partial charge on any atom is 0.224 e. The molecule has 140 valence electrons. The van der Waals surface area contributed by atoms with Gasteiger partial charge in [-0.1, -0.05) is 12.1 Å². The van der Waals surface area contributed by atoms with Crippen LogP contribution >= 0.6 is 0 Å². The molecule has 0 saturated carbocycles. The van der Waals surface area contributed by atoms with E-state index in [0.29, 0.717) is 6.54 Å². The van der Waals surface area contributed by atoms with Crippen molar-refractivity contribution in [2.75, 3.05) is 57.4 Å². The molecule has 1 aromatic heterocycles. The van der Waals surface area contributed by atoms with Gasteiger partial charge in [0, 0.05) is 39.3 Å². The number of para-hydroxylation sites is 2. The minimum absolute atomic E-state index is 0.0293. The molecule has 2 aliphatic heterocycles. The number of nitrogens with zero attached hydrogens (tertiary/aromatic N) is 3. The Morgan fingerprint density at radius 3 is 2.96 bits per heavy atom. The van der Waals surface area contributed by atoms with Crippen LogP contribution in [-0.2, 0) is 9.53 Å². The number of amides is 1. The lowest BCUT2D eigenvalue weighted by atomic mass is 9.97. The number of rotatable bonds is 5. The lowest BCUT2D eigenvalue weighted by Gasteiger charge is -2.32. The monoisotopic (exact) mass is 357 g/mol. The van der Waals surface area contributed by atoms with Crippen LogP contribution in [0.5, 0.6) is 0 Å². The van der Waals surface area contributed by atoms with Crippen molar-refractivity contribution in [1.29, 1.82) is 0 Å². The number of aromatic amines is 1. The molecule has 0 spiro atoms. The molecule has 2 saturated heterocycles. The molecule has 2 aromatic rings. The van der Waals surface area contributed by atoms with Gasteiger partial charge in [0.15, 0.2) is 0 Å². The first-order valence-corrected chi connectivity index (χ1v) is 9.57. The number of piperidine rings is 1. The summed E-state index contributed by atoms with van der Waals surface area (Å²) in [7, 11) is 0. The van der Waals surface area contributed by atoms with Gasteiger partial charge < -0.3 is 19.9 Å². The van der Waals surface area contributed by atoms with Gasteiger partial charge in [-0.25, -0.2) is 4.98 Å². The Hall–Kier alpha value is -2.12. The molecule has 7 heteroatoms. The van der Waals surface area contributed by atoms with E-state index in [4.69, 9.17) is 4.74 Å². The summed E-state index contributed by atoms with van der Waals surface area (Å²) in [6.07, 6.45) is 1.96. The highest BCUT2D eigenvalue weighted by molar-refractivity contribution is 5.80. The number of benzene rings is 1. The van der Waals surface area contributed by atoms with Gasteiger partial charge in [0.25, 0.3) is 0 Å². The molecular weight excluding hydrogens is 330 g/mol. The number of hydrogen-bond acceptors (Lipinski definition) is 5. The average molecular weight is 357 g/mol. The first-order chi connectivity index (χ1) is 12.8. The number of hydrogen-bond donors (Lipinski definition) is 2. The van der Waals surface area contributed by atoms with E-state index in [9.17, 15) is 4.79 Å². The Morgan fingerprint density at radius 1 is 1.27 bits per heavy atom. The number of ether oxygens (including phenoxy) is 1. The molecule has 1 unspecified atom stereocenters. The summed E-state index contributed by atoms with van der Waals surface area (Å²) < 4.78 is 5.35. The zero-order valence-electron chi connectivity index (χ0n) is 15.1. The largest absolute Gasteiger partial charge is 0.379 e. The maximum absolute atomic E-state index is 12.6. The molecule has 1 atom stereocenters. The smallest absolute Gasteiger partial charge is 0.224 e. The number of H-pyrrole nitrogens is 1. The normalized spacial score (nSPS) is 21.8. The Balaban J connectivity index is 1.30. The van der Waals surface area contributed by atoms with E-state index in [1.165, 1.54) is 0 Å². The van der Waals surface area contributed by atoms with Crippen molar-refractivity contribution in [3.8, 4) is 0 Å². The number of aromatic nitrogens is 2. The molecule has 2 fully saturated rings. The molecule has 7 nitrogen and oxygen atoms in total. The summed E-state index contributed by atoms with van der Waals surface area (Å²) >= 11 is 0. The molecule has 3 heterocycles. The van der Waals surface area contributed by atoms with Gasteiger partial charge in [-0.15, -0.1) is 0 Å². The summed E-state index contributed by atoms with van der Waals surface area (Å²) in [6, 6.07) is 8.04. The third-order valence-electron chi connectivity index (χ3n) is 5.30. The van der Waals surface area contributed by atoms with Crippen molar-refractivity contribution >= 4 is 22.9 Å². The van der Waals surface area contributed by atoms with Gasteiger partial charge >= 0.3 is 0 Å². The Bertz CT molecular complexity index is 707. The fraction of sp³-hybridized carbons (Fsp3) is 0.579. The molecular formula is C19H27N5O2. The highest BCUT2D eigenvalue weighted by atomic mass is 16.5. The van der Waals surface area contributed by atoms with Crippen LogP contribution in [0.1, 0.15) is 12.8 Å². The predicted molar refractivity (Wildman–Crippen MR) is 101 cm³/mol. The highest BCUT2D eigenvalue weighted by Crippen LogP contribution is 2.23. The van der Waals surface area contributed by atoms with Crippen molar-refractivity contribution in [3.05, 3.63) is 24.3 Å². The van der Waals surface area contributed by atoms with Crippen molar-refractivity contribution in [3.63, 3.8) is 0 Å². The first kappa shape index (κ1) is 17.3. The van der Waals surface area contributed by atoms with E-state index >= 15 is 0 Å². The van der Waals surface area contributed by atoms with Crippen LogP contribution in [0, 0.1) is 5.92 Å². The molecule has 0 aliphatic carbocycles. The first-order valence-electron chi connectivity index (χ1n) is 9.57. The van der Waals surface area contributed by atoms with Crippen LogP contribution in [-0.4, -0.2) is 73.3 Å². The average Bonchev–Trinajstić information content (AvgIpc) is 3.13. The fourth-order valence-corrected chi connectivity index (χ4v) is 3.78. The molecule has 0 radical (unpaired) electrons. The van der Waals surface area contributed by atoms with E-state index < -0.39 is 0 Å². The number of morpholine rings is 1.